The molecule has 0 saturated heterocycles. The van der Waals surface area contributed by atoms with Crippen LogP contribution in [0.1, 0.15) is 0 Å². The molecule has 0 aliphatic rings. The highest BCUT2D eigenvalue weighted by atomic mass is 32.1. The van der Waals surface area contributed by atoms with E-state index in [1.165, 1.54) is 11.3 Å². The van der Waals surface area contributed by atoms with Gasteiger partial charge < -0.3 is 21.1 Å². The first-order valence-electron chi connectivity index (χ1n) is 4.63. The Hall–Kier alpha value is -2.09. The molecule has 1 rings (SSSR count). The third-order valence-electron chi connectivity index (χ3n) is 1.63. The van der Waals surface area contributed by atoms with Crippen LogP contribution in [0.3, 0.4) is 0 Å². The Kier molecular flexibility index (Phi) is 4.95. The van der Waals surface area contributed by atoms with Crippen LogP contribution in [0.4, 0.5) is 10.5 Å². The van der Waals surface area contributed by atoms with Gasteiger partial charge in [-0.3, -0.25) is 9.59 Å². The first kappa shape index (κ1) is 13.0. The molecule has 8 heteroatoms. The lowest BCUT2D eigenvalue weighted by molar-refractivity contribution is -0.137. The SMILES string of the molecule is O=C(O)CNC(=O)CNC(=O)Nc1ccsc1. The van der Waals surface area contributed by atoms with E-state index < -0.39 is 24.5 Å². The number of carbonyl (C=O) groups is 3. The minimum absolute atomic E-state index is 0.275. The van der Waals surface area contributed by atoms with Gasteiger partial charge in [0.25, 0.3) is 0 Å². The second-order valence-corrected chi connectivity index (χ2v) is 3.77. The van der Waals surface area contributed by atoms with Crippen molar-refractivity contribution in [3.63, 3.8) is 0 Å². The van der Waals surface area contributed by atoms with Crippen LogP contribution in [-0.2, 0) is 9.59 Å². The van der Waals surface area contributed by atoms with Crippen molar-refractivity contribution in [1.29, 1.82) is 0 Å². The molecular weight excluding hydrogens is 246 g/mol. The number of hydrogen-bond donors (Lipinski definition) is 4. The third kappa shape index (κ3) is 5.52. The number of rotatable bonds is 5. The topological polar surface area (TPSA) is 108 Å². The van der Waals surface area contributed by atoms with Gasteiger partial charge in [-0.25, -0.2) is 4.79 Å². The predicted octanol–water partition coefficient (Wildman–Crippen LogP) is 0.0704. The molecule has 0 fully saturated rings. The number of thiophene rings is 1. The average molecular weight is 257 g/mol. The summed E-state index contributed by atoms with van der Waals surface area (Å²) in [7, 11) is 0. The zero-order chi connectivity index (χ0) is 12.7. The molecule has 17 heavy (non-hydrogen) atoms. The van der Waals surface area contributed by atoms with Crippen LogP contribution in [0.15, 0.2) is 16.8 Å². The van der Waals surface area contributed by atoms with Gasteiger partial charge in [0.15, 0.2) is 0 Å². The monoisotopic (exact) mass is 257 g/mol. The molecule has 0 bridgehead atoms. The zero-order valence-electron chi connectivity index (χ0n) is 8.73. The highest BCUT2D eigenvalue weighted by Gasteiger charge is 2.06. The lowest BCUT2D eigenvalue weighted by Gasteiger charge is -2.05. The maximum absolute atomic E-state index is 11.2. The van der Waals surface area contributed by atoms with E-state index in [4.69, 9.17) is 5.11 Å². The molecule has 0 unspecified atom stereocenters. The van der Waals surface area contributed by atoms with Crippen molar-refractivity contribution in [2.45, 2.75) is 0 Å². The lowest BCUT2D eigenvalue weighted by atomic mass is 10.5. The highest BCUT2D eigenvalue weighted by molar-refractivity contribution is 7.08. The van der Waals surface area contributed by atoms with Crippen molar-refractivity contribution >= 4 is 34.9 Å². The predicted molar refractivity (Wildman–Crippen MR) is 62.0 cm³/mol. The van der Waals surface area contributed by atoms with Crippen LogP contribution in [-0.4, -0.2) is 36.1 Å². The fourth-order valence-electron chi connectivity index (χ4n) is 0.908. The normalized spacial score (nSPS) is 9.41. The maximum atomic E-state index is 11.2. The van der Waals surface area contributed by atoms with Gasteiger partial charge in [0, 0.05) is 5.38 Å². The van der Waals surface area contributed by atoms with E-state index in [0.717, 1.165) is 0 Å². The second kappa shape index (κ2) is 6.48. The van der Waals surface area contributed by atoms with E-state index in [1.54, 1.807) is 16.8 Å². The average Bonchev–Trinajstić information content (AvgIpc) is 2.76. The first-order chi connectivity index (χ1) is 8.08. The molecule has 1 aromatic heterocycles. The minimum Gasteiger partial charge on any atom is -0.480 e. The summed E-state index contributed by atoms with van der Waals surface area (Å²) in [6.45, 7) is -0.740. The van der Waals surface area contributed by atoms with E-state index >= 15 is 0 Å². The van der Waals surface area contributed by atoms with Gasteiger partial charge in [0.1, 0.15) is 6.54 Å². The van der Waals surface area contributed by atoms with Crippen LogP contribution in [0, 0.1) is 0 Å². The number of carboxylic acids is 1. The Morgan fingerprint density at radius 2 is 2.00 bits per heavy atom. The Bertz CT molecular complexity index is 404. The van der Waals surface area contributed by atoms with Crippen molar-refractivity contribution in [1.82, 2.24) is 10.6 Å². The molecule has 0 atom stereocenters. The number of carbonyl (C=O) groups excluding carboxylic acids is 2. The number of anilines is 1. The van der Waals surface area contributed by atoms with Crippen molar-refractivity contribution in [2.24, 2.45) is 0 Å². The number of nitrogens with one attached hydrogen (secondary N) is 3. The van der Waals surface area contributed by atoms with Crippen molar-refractivity contribution in [3.05, 3.63) is 16.8 Å². The number of carboxylic acid groups (broad SMARTS) is 1. The minimum atomic E-state index is -1.14. The van der Waals surface area contributed by atoms with E-state index in [9.17, 15) is 14.4 Å². The number of hydrogen-bond acceptors (Lipinski definition) is 4. The Labute approximate surface area is 101 Å². The fourth-order valence-corrected chi connectivity index (χ4v) is 1.50. The number of amides is 3. The van der Waals surface area contributed by atoms with Crippen LogP contribution >= 0.6 is 11.3 Å². The molecule has 0 aromatic carbocycles. The Morgan fingerprint density at radius 3 is 2.59 bits per heavy atom. The largest absolute Gasteiger partial charge is 0.480 e. The summed E-state index contributed by atoms with van der Waals surface area (Å²) in [5.41, 5.74) is 0.637. The fraction of sp³-hybridized carbons (Fsp3) is 0.222. The molecule has 3 amide bonds. The van der Waals surface area contributed by atoms with Gasteiger partial charge in [-0.05, 0) is 11.4 Å². The van der Waals surface area contributed by atoms with Crippen LogP contribution in [0.25, 0.3) is 0 Å². The molecule has 0 radical (unpaired) electrons. The van der Waals surface area contributed by atoms with E-state index in [0.29, 0.717) is 5.69 Å². The van der Waals surface area contributed by atoms with Crippen molar-refractivity contribution in [2.75, 3.05) is 18.4 Å². The molecule has 0 aliphatic heterocycles. The zero-order valence-corrected chi connectivity index (χ0v) is 9.54. The molecule has 4 N–H and O–H groups in total. The van der Waals surface area contributed by atoms with Crippen LogP contribution < -0.4 is 16.0 Å². The smallest absolute Gasteiger partial charge is 0.322 e. The molecular formula is C9H11N3O4S. The summed E-state index contributed by atoms with van der Waals surface area (Å²) in [5.74, 6) is -1.70. The summed E-state index contributed by atoms with van der Waals surface area (Å²) in [6, 6.07) is 1.20. The molecule has 1 heterocycles. The maximum Gasteiger partial charge on any atom is 0.322 e. The summed E-state index contributed by atoms with van der Waals surface area (Å²) in [5, 5.41) is 18.8. The van der Waals surface area contributed by atoms with E-state index in [-0.39, 0.29) is 6.54 Å². The van der Waals surface area contributed by atoms with Gasteiger partial charge in [-0.15, -0.1) is 0 Å². The molecule has 0 aliphatic carbocycles. The highest BCUT2D eigenvalue weighted by Crippen LogP contribution is 2.10. The second-order valence-electron chi connectivity index (χ2n) is 2.99. The van der Waals surface area contributed by atoms with Gasteiger partial charge in [-0.2, -0.15) is 11.3 Å². The number of urea groups is 1. The molecule has 0 spiro atoms. The van der Waals surface area contributed by atoms with Crippen LogP contribution in [0.5, 0.6) is 0 Å². The lowest BCUT2D eigenvalue weighted by Crippen LogP contribution is -2.40. The van der Waals surface area contributed by atoms with Crippen molar-refractivity contribution in [3.8, 4) is 0 Å². The third-order valence-corrected chi connectivity index (χ3v) is 2.31. The quantitative estimate of drug-likeness (QED) is 0.598. The Morgan fingerprint density at radius 1 is 1.24 bits per heavy atom. The van der Waals surface area contributed by atoms with Gasteiger partial charge in [0.05, 0.1) is 12.2 Å². The van der Waals surface area contributed by atoms with E-state index in [1.807, 2.05) is 0 Å². The molecule has 7 nitrogen and oxygen atoms in total. The van der Waals surface area contributed by atoms with Gasteiger partial charge >= 0.3 is 12.0 Å². The summed E-state index contributed by atoms with van der Waals surface area (Å²) >= 11 is 1.43. The van der Waals surface area contributed by atoms with Crippen molar-refractivity contribution < 1.29 is 19.5 Å². The summed E-state index contributed by atoms with van der Waals surface area (Å²) < 4.78 is 0. The summed E-state index contributed by atoms with van der Waals surface area (Å²) in [6.07, 6.45) is 0. The number of aliphatic carboxylic acids is 1. The standard InChI is InChI=1S/C9H11N3O4S/c13-7(10-4-8(14)15)3-11-9(16)12-6-1-2-17-5-6/h1-2,5H,3-4H2,(H,10,13)(H,14,15)(H2,11,12,16). The molecule has 0 saturated carbocycles. The molecule has 1 aromatic rings. The van der Waals surface area contributed by atoms with Crippen LogP contribution in [0.2, 0.25) is 0 Å². The van der Waals surface area contributed by atoms with Gasteiger partial charge in [0.2, 0.25) is 5.91 Å². The summed E-state index contributed by atoms with van der Waals surface area (Å²) in [4.78, 5) is 32.4. The van der Waals surface area contributed by atoms with E-state index in [2.05, 4.69) is 16.0 Å². The molecule has 92 valence electrons. The first-order valence-corrected chi connectivity index (χ1v) is 5.58. The van der Waals surface area contributed by atoms with Gasteiger partial charge in [-0.1, -0.05) is 0 Å². The Balaban J connectivity index is 2.19.